The number of hydrogen-bond acceptors (Lipinski definition) is 7. The van der Waals surface area contributed by atoms with Crippen molar-refractivity contribution >= 4 is 17.3 Å². The lowest BCUT2D eigenvalue weighted by Crippen LogP contribution is -2.37. The number of carbonyl (C=O) groups excluding carboxylic acids is 1. The molecule has 182 valence electrons. The van der Waals surface area contributed by atoms with Gasteiger partial charge in [-0.1, -0.05) is 44.2 Å². The molecule has 1 aromatic heterocycles. The van der Waals surface area contributed by atoms with Gasteiger partial charge in [-0.2, -0.15) is 5.10 Å². The minimum Gasteiger partial charge on any atom is -0.493 e. The number of ketones is 1. The number of methoxy groups -OCH3 is 3. The smallest absolute Gasteiger partial charge is 0.203 e. The lowest BCUT2D eigenvalue weighted by molar-refractivity contribution is -0.116. The fourth-order valence-corrected chi connectivity index (χ4v) is 4.96. The van der Waals surface area contributed by atoms with Gasteiger partial charge in [-0.05, 0) is 41.5 Å². The van der Waals surface area contributed by atoms with E-state index in [4.69, 9.17) is 19.3 Å². The molecule has 1 aliphatic heterocycles. The van der Waals surface area contributed by atoms with E-state index in [2.05, 4.69) is 36.8 Å². The number of ether oxygens (including phenoxy) is 3. The average molecular weight is 475 g/mol. The molecule has 0 radical (unpaired) electrons. The quantitative estimate of drug-likeness (QED) is 0.523. The molecule has 0 saturated heterocycles. The summed E-state index contributed by atoms with van der Waals surface area (Å²) < 4.78 is 18.5. The number of carbonyl (C=O) groups is 1. The highest BCUT2D eigenvalue weighted by molar-refractivity contribution is 6.03. The standard InChI is InChI=1S/C27H30N4O4/c1-15(2)24-23(16-9-7-6-8-10-16)27-29-28-25-19(31(27)30-24)11-17(12-20(25)32)18-13-21(33-3)26(35-5)22(14-18)34-4/h6-10,13-15,17,28-29H,11-12H2,1-5H3. The molecule has 0 bridgehead atoms. The van der Waals surface area contributed by atoms with Crippen LogP contribution in [0.3, 0.4) is 0 Å². The molecular weight excluding hydrogens is 444 g/mol. The van der Waals surface area contributed by atoms with E-state index in [9.17, 15) is 4.79 Å². The highest BCUT2D eigenvalue weighted by atomic mass is 16.5. The summed E-state index contributed by atoms with van der Waals surface area (Å²) in [6.07, 6.45) is 1.00. The minimum atomic E-state index is -0.0606. The van der Waals surface area contributed by atoms with Gasteiger partial charge in [0, 0.05) is 12.0 Å². The Balaban J connectivity index is 1.60. The summed E-state index contributed by atoms with van der Waals surface area (Å²) in [5, 5.41) is 5.00. The molecule has 0 saturated carbocycles. The first-order valence-corrected chi connectivity index (χ1v) is 11.7. The Morgan fingerprint density at radius 2 is 1.66 bits per heavy atom. The van der Waals surface area contributed by atoms with Crippen molar-refractivity contribution in [2.75, 3.05) is 26.8 Å². The molecule has 0 fully saturated rings. The molecule has 1 atom stereocenters. The predicted molar refractivity (Wildman–Crippen MR) is 135 cm³/mol. The van der Waals surface area contributed by atoms with Crippen LogP contribution in [0.5, 0.6) is 17.2 Å². The lowest BCUT2D eigenvalue weighted by Gasteiger charge is -2.32. The van der Waals surface area contributed by atoms with Gasteiger partial charge in [0.25, 0.3) is 0 Å². The zero-order valence-corrected chi connectivity index (χ0v) is 20.6. The maximum atomic E-state index is 13.3. The highest BCUT2D eigenvalue weighted by Gasteiger charge is 2.36. The number of anilines is 1. The molecule has 35 heavy (non-hydrogen) atoms. The molecule has 8 heteroatoms. The Morgan fingerprint density at radius 1 is 0.971 bits per heavy atom. The van der Waals surface area contributed by atoms with E-state index in [1.165, 1.54) is 0 Å². The van der Waals surface area contributed by atoms with Crippen LogP contribution in [-0.2, 0) is 4.79 Å². The van der Waals surface area contributed by atoms with E-state index >= 15 is 0 Å². The number of aromatic nitrogens is 2. The number of rotatable bonds is 6. The Kier molecular flexibility index (Phi) is 5.88. The zero-order chi connectivity index (χ0) is 24.7. The second-order valence-electron chi connectivity index (χ2n) is 9.10. The van der Waals surface area contributed by atoms with Gasteiger partial charge in [0.1, 0.15) is 5.70 Å². The van der Waals surface area contributed by atoms with Crippen molar-refractivity contribution in [1.29, 1.82) is 0 Å². The van der Waals surface area contributed by atoms with Crippen LogP contribution in [0, 0.1) is 0 Å². The third-order valence-corrected chi connectivity index (χ3v) is 6.68. The largest absolute Gasteiger partial charge is 0.493 e. The maximum absolute atomic E-state index is 13.3. The topological polar surface area (TPSA) is 86.6 Å². The number of nitrogens with zero attached hydrogens (tertiary/aromatic N) is 2. The summed E-state index contributed by atoms with van der Waals surface area (Å²) in [6, 6.07) is 14.1. The molecule has 2 N–H and O–H groups in total. The normalized spacial score (nSPS) is 16.9. The first kappa shape index (κ1) is 22.8. The average Bonchev–Trinajstić information content (AvgIpc) is 3.28. The van der Waals surface area contributed by atoms with Crippen LogP contribution in [0.25, 0.3) is 16.8 Å². The van der Waals surface area contributed by atoms with Crippen LogP contribution >= 0.6 is 0 Å². The van der Waals surface area contributed by atoms with Crippen LogP contribution in [0.2, 0.25) is 0 Å². The van der Waals surface area contributed by atoms with Gasteiger partial charge in [0.05, 0.1) is 32.7 Å². The number of hydrazine groups is 1. The van der Waals surface area contributed by atoms with Crippen molar-refractivity contribution in [2.45, 2.75) is 38.5 Å². The first-order valence-electron chi connectivity index (χ1n) is 11.7. The van der Waals surface area contributed by atoms with Gasteiger partial charge in [-0.15, -0.1) is 0 Å². The molecular formula is C27H30N4O4. The number of allylic oxidation sites excluding steroid dienone is 2. The number of hydrogen-bond donors (Lipinski definition) is 2. The van der Waals surface area contributed by atoms with E-state index in [-0.39, 0.29) is 17.6 Å². The third-order valence-electron chi connectivity index (χ3n) is 6.68. The monoisotopic (exact) mass is 474 g/mol. The van der Waals surface area contributed by atoms with Gasteiger partial charge >= 0.3 is 0 Å². The maximum Gasteiger partial charge on any atom is 0.203 e. The van der Waals surface area contributed by atoms with Gasteiger partial charge < -0.3 is 14.2 Å². The van der Waals surface area contributed by atoms with Crippen molar-refractivity contribution in [2.24, 2.45) is 0 Å². The fourth-order valence-electron chi connectivity index (χ4n) is 4.96. The molecule has 3 aromatic rings. The second-order valence-corrected chi connectivity index (χ2v) is 9.10. The summed E-state index contributed by atoms with van der Waals surface area (Å²) in [7, 11) is 4.77. The van der Waals surface area contributed by atoms with E-state index in [0.717, 1.165) is 33.9 Å². The Labute approximate surface area is 204 Å². The van der Waals surface area contributed by atoms with Crippen LogP contribution in [0.4, 0.5) is 5.82 Å². The van der Waals surface area contributed by atoms with E-state index in [1.54, 1.807) is 21.3 Å². The van der Waals surface area contributed by atoms with Gasteiger partial charge in [0.2, 0.25) is 5.75 Å². The van der Waals surface area contributed by atoms with Crippen molar-refractivity contribution in [3.63, 3.8) is 0 Å². The van der Waals surface area contributed by atoms with E-state index in [0.29, 0.717) is 35.8 Å². The molecule has 1 unspecified atom stereocenters. The van der Waals surface area contributed by atoms with E-state index < -0.39 is 0 Å². The fraction of sp³-hybridized carbons (Fsp3) is 0.333. The van der Waals surface area contributed by atoms with Crippen LogP contribution in [-0.4, -0.2) is 36.9 Å². The molecule has 1 aliphatic carbocycles. The minimum absolute atomic E-state index is 0.0333. The van der Waals surface area contributed by atoms with Crippen molar-refractivity contribution in [3.8, 4) is 28.4 Å². The van der Waals surface area contributed by atoms with Crippen molar-refractivity contribution < 1.29 is 19.0 Å². The number of benzene rings is 2. The Bertz CT molecular complexity index is 1290. The second kappa shape index (κ2) is 9.02. The zero-order valence-electron chi connectivity index (χ0n) is 20.6. The first-order chi connectivity index (χ1) is 17.0. The third kappa shape index (κ3) is 3.79. The molecule has 0 spiro atoms. The molecule has 0 amide bonds. The van der Waals surface area contributed by atoms with Gasteiger partial charge in [0.15, 0.2) is 23.1 Å². The number of fused-ring (bicyclic) bond motifs is 2. The Hall–Kier alpha value is -3.94. The Morgan fingerprint density at radius 3 is 2.26 bits per heavy atom. The molecule has 8 nitrogen and oxygen atoms in total. The summed E-state index contributed by atoms with van der Waals surface area (Å²) in [5.41, 5.74) is 11.9. The number of nitrogens with one attached hydrogen (secondary N) is 2. The van der Waals surface area contributed by atoms with Crippen LogP contribution in [0.15, 0.2) is 48.2 Å². The summed E-state index contributed by atoms with van der Waals surface area (Å²) in [6.45, 7) is 4.27. The summed E-state index contributed by atoms with van der Waals surface area (Å²) in [4.78, 5) is 13.3. The summed E-state index contributed by atoms with van der Waals surface area (Å²) >= 11 is 0. The molecule has 2 aliphatic rings. The van der Waals surface area contributed by atoms with Gasteiger partial charge in [-0.3, -0.25) is 15.6 Å². The van der Waals surface area contributed by atoms with Crippen LogP contribution in [0.1, 0.15) is 49.8 Å². The lowest BCUT2D eigenvalue weighted by atomic mass is 9.83. The van der Waals surface area contributed by atoms with Crippen molar-refractivity contribution in [1.82, 2.24) is 15.2 Å². The predicted octanol–water partition coefficient (Wildman–Crippen LogP) is 4.94. The van der Waals surface area contributed by atoms with Crippen molar-refractivity contribution in [3.05, 3.63) is 59.4 Å². The van der Waals surface area contributed by atoms with E-state index in [1.807, 2.05) is 35.0 Å². The highest BCUT2D eigenvalue weighted by Crippen LogP contribution is 2.46. The number of Topliss-reactive ketones (excluding diaryl/α,β-unsaturated/α-hetero) is 1. The summed E-state index contributed by atoms with van der Waals surface area (Å²) in [5.74, 6) is 2.71. The molecule has 2 heterocycles. The SMILES string of the molecule is COc1cc(C2CC(=O)C3=C(C2)n2nc(C(C)C)c(-c4ccccc4)c2NN3)cc(OC)c1OC. The molecule has 2 aromatic carbocycles. The van der Waals surface area contributed by atoms with Crippen LogP contribution < -0.4 is 25.1 Å². The van der Waals surface area contributed by atoms with Gasteiger partial charge in [-0.25, -0.2) is 4.68 Å². The molecule has 5 rings (SSSR count).